The highest BCUT2D eigenvalue weighted by atomic mass is 19.1. The summed E-state index contributed by atoms with van der Waals surface area (Å²) in [5, 5.41) is 0. The summed E-state index contributed by atoms with van der Waals surface area (Å²) >= 11 is 0. The molecule has 0 spiro atoms. The minimum absolute atomic E-state index is 0.0339. The number of hydrogen-bond donors (Lipinski definition) is 0. The van der Waals surface area contributed by atoms with Crippen molar-refractivity contribution in [2.75, 3.05) is 13.1 Å². The van der Waals surface area contributed by atoms with Crippen molar-refractivity contribution in [3.05, 3.63) is 65.5 Å². The topological polar surface area (TPSA) is 46.6 Å². The number of ether oxygens (including phenoxy) is 1. The first-order chi connectivity index (χ1) is 12.5. The second-order valence-electron chi connectivity index (χ2n) is 6.61. The van der Waals surface area contributed by atoms with Gasteiger partial charge in [0.2, 0.25) is 0 Å². The Kier molecular flexibility index (Phi) is 5.66. The molecule has 4 nitrogen and oxygen atoms in total. The predicted octanol–water partition coefficient (Wildman–Crippen LogP) is 4.16. The van der Waals surface area contributed by atoms with E-state index in [1.807, 2.05) is 17.0 Å². The summed E-state index contributed by atoms with van der Waals surface area (Å²) < 4.78 is 18.2. The molecule has 26 heavy (non-hydrogen) atoms. The Labute approximate surface area is 152 Å². The minimum atomic E-state index is -0.390. The summed E-state index contributed by atoms with van der Waals surface area (Å²) in [4.78, 5) is 25.7. The zero-order valence-electron chi connectivity index (χ0n) is 14.8. The fourth-order valence-corrected chi connectivity index (χ4v) is 3.35. The lowest BCUT2D eigenvalue weighted by Crippen LogP contribution is -2.34. The molecule has 0 aromatic heterocycles. The van der Waals surface area contributed by atoms with E-state index in [4.69, 9.17) is 4.74 Å². The SMILES string of the molecule is CC(=O)Oc1ccc(C(=O)N2CCCCC(c3ccc(F)cc3)C2)cc1. The van der Waals surface area contributed by atoms with Gasteiger partial charge in [0, 0.05) is 31.5 Å². The highest BCUT2D eigenvalue weighted by Gasteiger charge is 2.24. The number of benzene rings is 2. The molecule has 136 valence electrons. The monoisotopic (exact) mass is 355 g/mol. The first-order valence-electron chi connectivity index (χ1n) is 8.86. The molecule has 0 saturated carbocycles. The molecular formula is C21H22FNO3. The Morgan fingerprint density at radius 1 is 1.04 bits per heavy atom. The Balaban J connectivity index is 1.73. The first-order valence-corrected chi connectivity index (χ1v) is 8.86. The molecule has 5 heteroatoms. The van der Waals surface area contributed by atoms with Gasteiger partial charge in [0.1, 0.15) is 11.6 Å². The van der Waals surface area contributed by atoms with E-state index in [9.17, 15) is 14.0 Å². The fourth-order valence-electron chi connectivity index (χ4n) is 3.35. The van der Waals surface area contributed by atoms with Crippen LogP contribution in [0.15, 0.2) is 48.5 Å². The maximum absolute atomic E-state index is 13.2. The van der Waals surface area contributed by atoms with Crippen molar-refractivity contribution in [3.63, 3.8) is 0 Å². The first kappa shape index (κ1) is 18.1. The predicted molar refractivity (Wildman–Crippen MR) is 96.6 cm³/mol. The maximum atomic E-state index is 13.2. The molecule has 1 saturated heterocycles. The quantitative estimate of drug-likeness (QED) is 0.613. The third kappa shape index (κ3) is 4.48. The van der Waals surface area contributed by atoms with Gasteiger partial charge in [-0.05, 0) is 54.8 Å². The Hall–Kier alpha value is -2.69. The van der Waals surface area contributed by atoms with Gasteiger partial charge in [-0.1, -0.05) is 18.6 Å². The van der Waals surface area contributed by atoms with Crippen LogP contribution in [0.1, 0.15) is 48.0 Å². The maximum Gasteiger partial charge on any atom is 0.308 e. The van der Waals surface area contributed by atoms with Crippen molar-refractivity contribution in [1.29, 1.82) is 0 Å². The van der Waals surface area contributed by atoms with E-state index < -0.39 is 5.97 Å². The van der Waals surface area contributed by atoms with Gasteiger partial charge in [-0.25, -0.2) is 4.39 Å². The van der Waals surface area contributed by atoms with Crippen LogP contribution >= 0.6 is 0 Å². The van der Waals surface area contributed by atoms with Crippen LogP contribution in [0.3, 0.4) is 0 Å². The minimum Gasteiger partial charge on any atom is -0.427 e. The summed E-state index contributed by atoms with van der Waals surface area (Å²) in [6.07, 6.45) is 2.98. The number of likely N-dealkylation sites (tertiary alicyclic amines) is 1. The van der Waals surface area contributed by atoms with Crippen LogP contribution in [0.25, 0.3) is 0 Å². The molecule has 3 rings (SSSR count). The van der Waals surface area contributed by atoms with Crippen LogP contribution in [0.2, 0.25) is 0 Å². The number of nitrogens with zero attached hydrogens (tertiary/aromatic N) is 1. The van der Waals surface area contributed by atoms with Crippen molar-refractivity contribution >= 4 is 11.9 Å². The van der Waals surface area contributed by atoms with Crippen molar-refractivity contribution < 1.29 is 18.7 Å². The fraction of sp³-hybridized carbons (Fsp3) is 0.333. The lowest BCUT2D eigenvalue weighted by molar-refractivity contribution is -0.131. The van der Waals surface area contributed by atoms with Crippen LogP contribution in [0, 0.1) is 5.82 Å². The van der Waals surface area contributed by atoms with Crippen molar-refractivity contribution in [3.8, 4) is 5.75 Å². The van der Waals surface area contributed by atoms with Crippen molar-refractivity contribution in [2.24, 2.45) is 0 Å². The largest absolute Gasteiger partial charge is 0.427 e. The van der Waals surface area contributed by atoms with E-state index in [0.717, 1.165) is 24.8 Å². The Bertz CT molecular complexity index is 771. The lowest BCUT2D eigenvalue weighted by atomic mass is 9.94. The van der Waals surface area contributed by atoms with Crippen LogP contribution in [-0.2, 0) is 4.79 Å². The molecular weight excluding hydrogens is 333 g/mol. The zero-order chi connectivity index (χ0) is 18.5. The van der Waals surface area contributed by atoms with Gasteiger partial charge in [-0.2, -0.15) is 0 Å². The number of esters is 1. The second-order valence-corrected chi connectivity index (χ2v) is 6.61. The summed E-state index contributed by atoms with van der Waals surface area (Å²) in [5.74, 6) is -0.0354. The Morgan fingerprint density at radius 2 is 1.73 bits per heavy atom. The number of halogens is 1. The van der Waals surface area contributed by atoms with Gasteiger partial charge in [0.25, 0.3) is 5.91 Å². The number of carbonyl (C=O) groups is 2. The van der Waals surface area contributed by atoms with Gasteiger partial charge >= 0.3 is 5.97 Å². The van der Waals surface area contributed by atoms with E-state index in [1.165, 1.54) is 19.1 Å². The third-order valence-electron chi connectivity index (χ3n) is 4.66. The molecule has 1 unspecified atom stereocenters. The average molecular weight is 355 g/mol. The summed E-state index contributed by atoms with van der Waals surface area (Å²) in [6, 6.07) is 13.2. The van der Waals surface area contributed by atoms with Crippen molar-refractivity contribution in [2.45, 2.75) is 32.1 Å². The molecule has 0 bridgehead atoms. The highest BCUT2D eigenvalue weighted by Crippen LogP contribution is 2.27. The van der Waals surface area contributed by atoms with E-state index in [-0.39, 0.29) is 17.6 Å². The molecule has 2 aromatic carbocycles. The van der Waals surface area contributed by atoms with E-state index in [2.05, 4.69) is 0 Å². The van der Waals surface area contributed by atoms with Gasteiger partial charge in [0.05, 0.1) is 0 Å². The summed E-state index contributed by atoms with van der Waals surface area (Å²) in [6.45, 7) is 2.67. The molecule has 1 amide bonds. The second kappa shape index (κ2) is 8.13. The van der Waals surface area contributed by atoms with Gasteiger partial charge in [-0.3, -0.25) is 9.59 Å². The summed E-state index contributed by atoms with van der Waals surface area (Å²) in [5.41, 5.74) is 1.64. The average Bonchev–Trinajstić information content (AvgIpc) is 2.88. The molecule has 1 aliphatic heterocycles. The van der Waals surface area contributed by atoms with Crippen LogP contribution < -0.4 is 4.74 Å². The number of amides is 1. The molecule has 0 N–H and O–H groups in total. The van der Waals surface area contributed by atoms with Crippen LogP contribution in [0.5, 0.6) is 5.75 Å². The lowest BCUT2D eigenvalue weighted by Gasteiger charge is -2.25. The normalized spacial score (nSPS) is 17.5. The van der Waals surface area contributed by atoms with Gasteiger partial charge in [-0.15, -0.1) is 0 Å². The van der Waals surface area contributed by atoms with Crippen LogP contribution in [0.4, 0.5) is 4.39 Å². The van der Waals surface area contributed by atoms with Crippen LogP contribution in [-0.4, -0.2) is 29.9 Å². The zero-order valence-corrected chi connectivity index (χ0v) is 14.8. The molecule has 2 aromatic rings. The van der Waals surface area contributed by atoms with E-state index in [0.29, 0.717) is 24.4 Å². The number of carbonyl (C=O) groups excluding carboxylic acids is 2. The highest BCUT2D eigenvalue weighted by molar-refractivity contribution is 5.94. The van der Waals surface area contributed by atoms with E-state index in [1.54, 1.807) is 24.3 Å². The molecule has 1 aliphatic rings. The van der Waals surface area contributed by atoms with Gasteiger partial charge in [0.15, 0.2) is 0 Å². The smallest absolute Gasteiger partial charge is 0.308 e. The molecule has 0 aliphatic carbocycles. The standard InChI is InChI=1S/C21H22FNO3/c1-15(24)26-20-11-7-17(8-12-20)21(25)23-13-3-2-4-18(14-23)16-5-9-19(22)10-6-16/h5-12,18H,2-4,13-14H2,1H3. The Morgan fingerprint density at radius 3 is 2.38 bits per heavy atom. The number of hydrogen-bond acceptors (Lipinski definition) is 3. The van der Waals surface area contributed by atoms with Gasteiger partial charge < -0.3 is 9.64 Å². The molecule has 1 heterocycles. The van der Waals surface area contributed by atoms with E-state index >= 15 is 0 Å². The molecule has 1 fully saturated rings. The van der Waals surface area contributed by atoms with Crippen molar-refractivity contribution in [1.82, 2.24) is 4.90 Å². The third-order valence-corrected chi connectivity index (χ3v) is 4.66. The summed E-state index contributed by atoms with van der Waals surface area (Å²) in [7, 11) is 0. The molecule has 1 atom stereocenters. The number of rotatable bonds is 3. The molecule has 0 radical (unpaired) electrons.